The van der Waals surface area contributed by atoms with E-state index in [0.717, 1.165) is 59.5 Å². The number of fused-ring (bicyclic) bond motifs is 1. The van der Waals surface area contributed by atoms with E-state index in [1.807, 2.05) is 52.1 Å². The highest BCUT2D eigenvalue weighted by atomic mass is 16.5. The van der Waals surface area contributed by atoms with Gasteiger partial charge in [0.2, 0.25) is 0 Å². The normalized spacial score (nSPS) is 15.1. The van der Waals surface area contributed by atoms with Gasteiger partial charge < -0.3 is 19.3 Å². The number of nitrogens with zero attached hydrogens (tertiary/aromatic N) is 2. The van der Waals surface area contributed by atoms with Gasteiger partial charge in [0.25, 0.3) is 0 Å². The fourth-order valence-electron chi connectivity index (χ4n) is 5.19. The number of benzene rings is 2. The summed E-state index contributed by atoms with van der Waals surface area (Å²) in [7, 11) is 4.17. The molecule has 5 nitrogen and oxygen atoms in total. The van der Waals surface area contributed by atoms with Gasteiger partial charge in [-0.25, -0.2) is 0 Å². The molecule has 2 heterocycles. The van der Waals surface area contributed by atoms with Crippen LogP contribution in [0.25, 0.3) is 10.9 Å². The van der Waals surface area contributed by atoms with Crippen molar-refractivity contribution in [3.63, 3.8) is 0 Å². The molecular formula is C36H50N2O3. The molecule has 2 aromatic carbocycles. The molecule has 41 heavy (non-hydrogen) atoms. The number of hydrogen-bond donors (Lipinski definition) is 1. The number of aryl methyl sites for hydroxylation is 3. The van der Waals surface area contributed by atoms with E-state index >= 15 is 0 Å². The first-order valence-electron chi connectivity index (χ1n) is 14.6. The van der Waals surface area contributed by atoms with E-state index in [4.69, 9.17) is 9.84 Å². The summed E-state index contributed by atoms with van der Waals surface area (Å²) in [6.07, 6.45) is 4.42. The highest BCUT2D eigenvalue weighted by Gasteiger charge is 2.23. The molecule has 0 spiro atoms. The molecule has 1 atom stereocenters. The Balaban J connectivity index is 0.000000296. The standard InChI is InChI=1S/C22H31NO.C12H13NO2.C2H6/c1-16(2)11-18(4)12-21-13-20(14-23(6)19(21)5)15-24-22-9-7-17(3)8-10-22;1-8-6-10-9(7-12(14)15)4-3-5-11(10)13(8)2;1-2/h7-11,20H,1,12-15H2,2-6H3;3-6H,7H2,1-2H3,(H,14,15);1-2H3/b18-11-;;. The van der Waals surface area contributed by atoms with Crippen LogP contribution >= 0.6 is 0 Å². The maximum Gasteiger partial charge on any atom is 0.307 e. The lowest BCUT2D eigenvalue weighted by molar-refractivity contribution is -0.136. The summed E-state index contributed by atoms with van der Waals surface area (Å²) in [5.41, 5.74) is 9.81. The van der Waals surface area contributed by atoms with Crippen LogP contribution in [0.4, 0.5) is 0 Å². The van der Waals surface area contributed by atoms with Crippen molar-refractivity contribution in [3.8, 4) is 5.75 Å². The van der Waals surface area contributed by atoms with Crippen LogP contribution in [0, 0.1) is 19.8 Å². The lowest BCUT2D eigenvalue weighted by Gasteiger charge is -2.34. The monoisotopic (exact) mass is 558 g/mol. The number of aromatic nitrogens is 1. The summed E-state index contributed by atoms with van der Waals surface area (Å²) in [6.45, 7) is 20.4. The molecule has 222 valence electrons. The van der Waals surface area contributed by atoms with Crippen molar-refractivity contribution in [2.45, 2.75) is 67.7 Å². The molecule has 0 saturated heterocycles. The Morgan fingerprint density at radius 1 is 1.05 bits per heavy atom. The maximum absolute atomic E-state index is 10.7. The molecule has 0 saturated carbocycles. The minimum Gasteiger partial charge on any atom is -0.493 e. The van der Waals surface area contributed by atoms with Crippen molar-refractivity contribution in [2.75, 3.05) is 20.2 Å². The number of carboxylic acids is 1. The summed E-state index contributed by atoms with van der Waals surface area (Å²) >= 11 is 0. The van der Waals surface area contributed by atoms with Crippen molar-refractivity contribution in [2.24, 2.45) is 13.0 Å². The van der Waals surface area contributed by atoms with Gasteiger partial charge in [-0.2, -0.15) is 0 Å². The van der Waals surface area contributed by atoms with Crippen LogP contribution < -0.4 is 4.74 Å². The largest absolute Gasteiger partial charge is 0.493 e. The molecule has 0 bridgehead atoms. The smallest absolute Gasteiger partial charge is 0.307 e. The van der Waals surface area contributed by atoms with E-state index in [-0.39, 0.29) is 6.42 Å². The average molecular weight is 559 g/mol. The topological polar surface area (TPSA) is 54.7 Å². The second-order valence-corrected chi connectivity index (χ2v) is 11.0. The summed E-state index contributed by atoms with van der Waals surface area (Å²) in [6, 6.07) is 16.1. The number of allylic oxidation sites excluding steroid dienone is 5. The summed E-state index contributed by atoms with van der Waals surface area (Å²) < 4.78 is 8.09. The number of carboxylic acid groups (broad SMARTS) is 1. The zero-order valence-electron chi connectivity index (χ0n) is 26.7. The SMILES string of the molecule is C=C(C)/C=C(/C)CC1=C(C)N(C)CC(COc2ccc(C)cc2)C1.CC.Cc1cc2c(CC(=O)O)cccc2n1C. The molecular weight excluding hydrogens is 508 g/mol. The van der Waals surface area contributed by atoms with Gasteiger partial charge in [-0.15, -0.1) is 0 Å². The van der Waals surface area contributed by atoms with Crippen molar-refractivity contribution in [1.82, 2.24) is 9.47 Å². The Morgan fingerprint density at radius 2 is 1.71 bits per heavy atom. The fraction of sp³-hybridized carbons (Fsp3) is 0.417. The summed E-state index contributed by atoms with van der Waals surface area (Å²) in [5, 5.41) is 9.84. The Labute approximate surface area is 247 Å². The number of carbonyl (C=O) groups is 1. The first kappa shape index (κ1) is 33.5. The molecule has 1 N–H and O–H groups in total. The third-order valence-electron chi connectivity index (χ3n) is 7.40. The predicted molar refractivity (Wildman–Crippen MR) is 174 cm³/mol. The van der Waals surface area contributed by atoms with Gasteiger partial charge in [-0.3, -0.25) is 4.79 Å². The number of ether oxygens (including phenoxy) is 1. The molecule has 5 heteroatoms. The van der Waals surface area contributed by atoms with Crippen LogP contribution in [0.3, 0.4) is 0 Å². The Bertz CT molecular complexity index is 1380. The molecule has 0 amide bonds. The van der Waals surface area contributed by atoms with Gasteiger partial charge in [0, 0.05) is 48.9 Å². The lowest BCUT2D eigenvalue weighted by Crippen LogP contribution is -2.33. The number of hydrogen-bond acceptors (Lipinski definition) is 3. The molecule has 0 radical (unpaired) electrons. The van der Waals surface area contributed by atoms with Crippen molar-refractivity contribution in [3.05, 3.63) is 100 Å². The first-order chi connectivity index (χ1) is 19.4. The number of aliphatic carboxylic acids is 1. The third kappa shape index (κ3) is 10.00. The first-order valence-corrected chi connectivity index (χ1v) is 14.6. The van der Waals surface area contributed by atoms with Crippen LogP contribution in [0.1, 0.15) is 64.3 Å². The van der Waals surface area contributed by atoms with E-state index in [0.29, 0.717) is 5.92 Å². The van der Waals surface area contributed by atoms with Crippen LogP contribution in [0.2, 0.25) is 0 Å². The molecule has 1 aromatic heterocycles. The zero-order chi connectivity index (χ0) is 30.7. The molecule has 3 aromatic rings. The van der Waals surface area contributed by atoms with E-state index < -0.39 is 5.97 Å². The van der Waals surface area contributed by atoms with Crippen LogP contribution in [-0.2, 0) is 18.3 Å². The second kappa shape index (κ2) is 15.9. The van der Waals surface area contributed by atoms with Crippen LogP contribution in [0.15, 0.2) is 83.6 Å². The van der Waals surface area contributed by atoms with E-state index in [2.05, 4.69) is 81.1 Å². The zero-order valence-corrected chi connectivity index (χ0v) is 26.7. The van der Waals surface area contributed by atoms with Gasteiger partial charge in [0.1, 0.15) is 5.75 Å². The van der Waals surface area contributed by atoms with E-state index in [9.17, 15) is 4.79 Å². The van der Waals surface area contributed by atoms with Gasteiger partial charge in [-0.05, 0) is 82.9 Å². The molecule has 1 unspecified atom stereocenters. The van der Waals surface area contributed by atoms with Crippen molar-refractivity contribution in [1.29, 1.82) is 0 Å². The second-order valence-electron chi connectivity index (χ2n) is 11.0. The van der Waals surface area contributed by atoms with Crippen LogP contribution in [0.5, 0.6) is 5.75 Å². The molecule has 4 rings (SSSR count). The Hall–Kier alpha value is -3.73. The van der Waals surface area contributed by atoms with Gasteiger partial charge >= 0.3 is 5.97 Å². The quantitative estimate of drug-likeness (QED) is 0.281. The molecule has 1 aliphatic rings. The van der Waals surface area contributed by atoms with E-state index in [1.165, 1.54) is 22.4 Å². The molecule has 0 fully saturated rings. The molecule has 0 aliphatic carbocycles. The average Bonchev–Trinajstić information content (AvgIpc) is 3.21. The Morgan fingerprint density at radius 3 is 2.32 bits per heavy atom. The highest BCUT2D eigenvalue weighted by Crippen LogP contribution is 2.30. The minimum atomic E-state index is -0.788. The van der Waals surface area contributed by atoms with Gasteiger partial charge in [-0.1, -0.05) is 67.5 Å². The van der Waals surface area contributed by atoms with Crippen molar-refractivity contribution >= 4 is 16.9 Å². The highest BCUT2D eigenvalue weighted by molar-refractivity contribution is 5.88. The fourth-order valence-corrected chi connectivity index (χ4v) is 5.19. The van der Waals surface area contributed by atoms with Gasteiger partial charge in [0.05, 0.1) is 13.0 Å². The minimum absolute atomic E-state index is 0.0841. The predicted octanol–water partition coefficient (Wildman–Crippen LogP) is 8.65. The van der Waals surface area contributed by atoms with E-state index in [1.54, 1.807) is 0 Å². The lowest BCUT2D eigenvalue weighted by atomic mass is 9.89. The van der Waals surface area contributed by atoms with Crippen molar-refractivity contribution < 1.29 is 14.6 Å². The third-order valence-corrected chi connectivity index (χ3v) is 7.40. The summed E-state index contributed by atoms with van der Waals surface area (Å²) in [5.74, 6) is 0.714. The van der Waals surface area contributed by atoms with Crippen LogP contribution in [-0.4, -0.2) is 40.7 Å². The van der Waals surface area contributed by atoms with Gasteiger partial charge in [0.15, 0.2) is 0 Å². The Kier molecular flexibility index (Phi) is 13.0. The molecule has 1 aliphatic heterocycles. The maximum atomic E-state index is 10.7. The summed E-state index contributed by atoms with van der Waals surface area (Å²) in [4.78, 5) is 13.1. The number of rotatable bonds is 8.